The van der Waals surface area contributed by atoms with Crippen molar-refractivity contribution >= 4 is 17.5 Å². The standard InChI is InChI=1S/C24H27N5O2/c1-5-12-31-19-10-7-9-18(13-19)22-21(17(4)27-24-25-14-26-29(22)24)23(30)28-20-11-6-8-15(2)16(20)3/h6-11,13-14,22H,5,12H2,1-4H3,(H,28,30)(H,25,26,27). The maximum absolute atomic E-state index is 13.5. The molecule has 0 radical (unpaired) electrons. The van der Waals surface area contributed by atoms with E-state index in [1.54, 1.807) is 4.68 Å². The van der Waals surface area contributed by atoms with Crippen LogP contribution in [-0.4, -0.2) is 27.3 Å². The van der Waals surface area contributed by atoms with Crippen LogP contribution in [0.2, 0.25) is 0 Å². The Labute approximate surface area is 182 Å². The second-order valence-electron chi connectivity index (χ2n) is 7.72. The molecular weight excluding hydrogens is 390 g/mol. The van der Waals surface area contributed by atoms with Crippen LogP contribution in [0.4, 0.5) is 11.6 Å². The van der Waals surface area contributed by atoms with Gasteiger partial charge in [0.15, 0.2) is 0 Å². The van der Waals surface area contributed by atoms with Gasteiger partial charge in [0.05, 0.1) is 12.2 Å². The van der Waals surface area contributed by atoms with Gasteiger partial charge in [-0.3, -0.25) is 4.79 Å². The van der Waals surface area contributed by atoms with Gasteiger partial charge in [-0.1, -0.05) is 31.2 Å². The van der Waals surface area contributed by atoms with Crippen molar-refractivity contribution in [2.45, 2.75) is 40.2 Å². The van der Waals surface area contributed by atoms with Gasteiger partial charge in [-0.25, -0.2) is 4.68 Å². The number of anilines is 2. The molecule has 1 aromatic heterocycles. The summed E-state index contributed by atoms with van der Waals surface area (Å²) in [5.74, 6) is 1.20. The van der Waals surface area contributed by atoms with E-state index in [0.717, 1.165) is 40.2 Å². The summed E-state index contributed by atoms with van der Waals surface area (Å²) < 4.78 is 7.57. The van der Waals surface area contributed by atoms with Crippen LogP contribution in [0.5, 0.6) is 5.75 Å². The molecule has 0 saturated carbocycles. The normalized spacial score (nSPS) is 15.3. The number of ether oxygens (including phenoxy) is 1. The molecule has 2 N–H and O–H groups in total. The first-order valence-corrected chi connectivity index (χ1v) is 10.5. The highest BCUT2D eigenvalue weighted by Crippen LogP contribution is 2.36. The second-order valence-corrected chi connectivity index (χ2v) is 7.72. The zero-order valence-corrected chi connectivity index (χ0v) is 18.3. The largest absolute Gasteiger partial charge is 0.494 e. The highest BCUT2D eigenvalue weighted by molar-refractivity contribution is 6.06. The van der Waals surface area contributed by atoms with E-state index in [1.807, 2.05) is 63.2 Å². The molecular formula is C24H27N5O2. The molecule has 2 aromatic carbocycles. The van der Waals surface area contributed by atoms with Crippen LogP contribution in [0.25, 0.3) is 0 Å². The van der Waals surface area contributed by atoms with E-state index in [0.29, 0.717) is 18.1 Å². The summed E-state index contributed by atoms with van der Waals surface area (Å²) in [4.78, 5) is 17.8. The molecule has 0 bridgehead atoms. The summed E-state index contributed by atoms with van der Waals surface area (Å²) in [6, 6.07) is 13.3. The Bertz CT molecular complexity index is 1150. The van der Waals surface area contributed by atoms with Crippen molar-refractivity contribution < 1.29 is 9.53 Å². The van der Waals surface area contributed by atoms with E-state index in [1.165, 1.54) is 6.33 Å². The van der Waals surface area contributed by atoms with Crippen LogP contribution in [0.3, 0.4) is 0 Å². The Kier molecular flexibility index (Phi) is 5.75. The number of benzene rings is 2. The molecule has 0 saturated heterocycles. The van der Waals surface area contributed by atoms with Gasteiger partial charge in [0.1, 0.15) is 18.1 Å². The molecule has 4 rings (SSSR count). The molecule has 1 unspecified atom stereocenters. The van der Waals surface area contributed by atoms with Gasteiger partial charge in [-0.05, 0) is 62.1 Å². The van der Waals surface area contributed by atoms with Crippen LogP contribution >= 0.6 is 0 Å². The molecule has 160 valence electrons. The lowest BCUT2D eigenvalue weighted by molar-refractivity contribution is -0.113. The SMILES string of the molecule is CCCOc1cccc(C2C(C(=O)Nc3cccc(C)c3C)=C(C)Nc3ncnn32)c1. The first-order valence-electron chi connectivity index (χ1n) is 10.5. The molecule has 0 aliphatic carbocycles. The first kappa shape index (κ1) is 20.7. The lowest BCUT2D eigenvalue weighted by atomic mass is 9.94. The summed E-state index contributed by atoms with van der Waals surface area (Å²) in [5.41, 5.74) is 5.22. The van der Waals surface area contributed by atoms with Crippen LogP contribution in [0, 0.1) is 13.8 Å². The molecule has 7 nitrogen and oxygen atoms in total. The number of amides is 1. The predicted molar refractivity (Wildman–Crippen MR) is 121 cm³/mol. The Morgan fingerprint density at radius 2 is 2.00 bits per heavy atom. The second kappa shape index (κ2) is 8.63. The van der Waals surface area contributed by atoms with Gasteiger partial charge in [0.2, 0.25) is 5.95 Å². The third-order valence-electron chi connectivity index (χ3n) is 5.54. The fourth-order valence-electron chi connectivity index (χ4n) is 3.76. The number of carbonyl (C=O) groups excluding carboxylic acids is 1. The third-order valence-corrected chi connectivity index (χ3v) is 5.54. The average Bonchev–Trinajstić information content (AvgIpc) is 3.22. The lowest BCUT2D eigenvalue weighted by Gasteiger charge is -2.29. The van der Waals surface area contributed by atoms with E-state index in [-0.39, 0.29) is 5.91 Å². The monoisotopic (exact) mass is 417 g/mol. The minimum absolute atomic E-state index is 0.176. The number of aromatic nitrogens is 3. The predicted octanol–water partition coefficient (Wildman–Crippen LogP) is 4.61. The number of fused-ring (bicyclic) bond motifs is 1. The number of nitrogens with zero attached hydrogens (tertiary/aromatic N) is 3. The highest BCUT2D eigenvalue weighted by Gasteiger charge is 2.33. The molecule has 1 aliphatic rings. The number of hydrogen-bond donors (Lipinski definition) is 2. The highest BCUT2D eigenvalue weighted by atomic mass is 16.5. The van der Waals surface area contributed by atoms with Gasteiger partial charge in [-0.15, -0.1) is 0 Å². The van der Waals surface area contributed by atoms with E-state index in [9.17, 15) is 4.79 Å². The van der Waals surface area contributed by atoms with E-state index in [2.05, 4.69) is 27.6 Å². The van der Waals surface area contributed by atoms with Crippen molar-refractivity contribution in [3.05, 3.63) is 76.8 Å². The molecule has 2 heterocycles. The zero-order valence-electron chi connectivity index (χ0n) is 18.3. The molecule has 1 aliphatic heterocycles. The quantitative estimate of drug-likeness (QED) is 0.612. The zero-order chi connectivity index (χ0) is 22.0. The molecule has 0 spiro atoms. The molecule has 31 heavy (non-hydrogen) atoms. The summed E-state index contributed by atoms with van der Waals surface area (Å²) in [5, 5.41) is 10.7. The van der Waals surface area contributed by atoms with Crippen molar-refractivity contribution in [2.75, 3.05) is 17.2 Å². The smallest absolute Gasteiger partial charge is 0.255 e. The number of rotatable bonds is 6. The van der Waals surface area contributed by atoms with E-state index in [4.69, 9.17) is 4.74 Å². The van der Waals surface area contributed by atoms with Crippen molar-refractivity contribution in [1.82, 2.24) is 14.8 Å². The Balaban J connectivity index is 1.74. The van der Waals surface area contributed by atoms with Crippen molar-refractivity contribution in [3.8, 4) is 5.75 Å². The maximum atomic E-state index is 13.5. The van der Waals surface area contributed by atoms with Gasteiger partial charge in [-0.2, -0.15) is 10.1 Å². The molecule has 1 amide bonds. The Morgan fingerprint density at radius 1 is 1.19 bits per heavy atom. The van der Waals surface area contributed by atoms with Crippen molar-refractivity contribution in [1.29, 1.82) is 0 Å². The fourth-order valence-corrected chi connectivity index (χ4v) is 3.76. The molecule has 7 heteroatoms. The lowest BCUT2D eigenvalue weighted by Crippen LogP contribution is -2.31. The minimum Gasteiger partial charge on any atom is -0.494 e. The minimum atomic E-state index is -0.422. The first-order chi connectivity index (χ1) is 15.0. The summed E-state index contributed by atoms with van der Waals surface area (Å²) in [6.07, 6.45) is 2.42. The van der Waals surface area contributed by atoms with Crippen LogP contribution in [0.15, 0.2) is 60.1 Å². The summed E-state index contributed by atoms with van der Waals surface area (Å²) in [6.45, 7) is 8.64. The third kappa shape index (κ3) is 4.03. The fraction of sp³-hybridized carbons (Fsp3) is 0.292. The number of nitrogens with one attached hydrogen (secondary N) is 2. The number of aryl methyl sites for hydroxylation is 1. The summed E-state index contributed by atoms with van der Waals surface area (Å²) in [7, 11) is 0. The maximum Gasteiger partial charge on any atom is 0.255 e. The number of carbonyl (C=O) groups is 1. The van der Waals surface area contributed by atoms with Crippen molar-refractivity contribution in [2.24, 2.45) is 0 Å². The van der Waals surface area contributed by atoms with Gasteiger partial charge in [0, 0.05) is 11.4 Å². The van der Waals surface area contributed by atoms with Gasteiger partial charge < -0.3 is 15.4 Å². The van der Waals surface area contributed by atoms with Gasteiger partial charge in [0.25, 0.3) is 5.91 Å². The van der Waals surface area contributed by atoms with E-state index >= 15 is 0 Å². The van der Waals surface area contributed by atoms with E-state index < -0.39 is 6.04 Å². The summed E-state index contributed by atoms with van der Waals surface area (Å²) >= 11 is 0. The molecule has 1 atom stereocenters. The average molecular weight is 418 g/mol. The topological polar surface area (TPSA) is 81.1 Å². The number of hydrogen-bond acceptors (Lipinski definition) is 5. The Morgan fingerprint density at radius 3 is 2.81 bits per heavy atom. The molecule has 0 fully saturated rings. The van der Waals surface area contributed by atoms with Crippen molar-refractivity contribution in [3.63, 3.8) is 0 Å². The number of allylic oxidation sites excluding steroid dienone is 1. The van der Waals surface area contributed by atoms with Crippen LogP contribution in [0.1, 0.15) is 43.0 Å². The molecule has 3 aromatic rings. The van der Waals surface area contributed by atoms with Crippen LogP contribution < -0.4 is 15.4 Å². The Hall–Kier alpha value is -3.61. The van der Waals surface area contributed by atoms with Crippen LogP contribution in [-0.2, 0) is 4.79 Å². The van der Waals surface area contributed by atoms with Gasteiger partial charge >= 0.3 is 0 Å².